The fraction of sp³-hybridized carbons (Fsp3) is 0.909. The lowest BCUT2D eigenvalue weighted by Crippen LogP contribution is -2.43. The van der Waals surface area contributed by atoms with Gasteiger partial charge < -0.3 is 4.90 Å². The maximum Gasteiger partial charge on any atom is 0.237 e. The van der Waals surface area contributed by atoms with Gasteiger partial charge in [0, 0.05) is 6.54 Å². The van der Waals surface area contributed by atoms with E-state index in [-0.39, 0.29) is 16.7 Å². The van der Waals surface area contributed by atoms with Gasteiger partial charge in [0.1, 0.15) is 0 Å². The third-order valence-electron chi connectivity index (χ3n) is 3.55. The number of amides is 1. The average molecular weight is 198 g/mol. The maximum atomic E-state index is 11.4. The molecule has 3 nitrogen and oxygen atoms in total. The molecule has 1 N–H and O–H groups in total. The van der Waals surface area contributed by atoms with Gasteiger partial charge in [0.2, 0.25) is 5.91 Å². The minimum Gasteiger partial charge on any atom is -0.328 e. The highest BCUT2D eigenvalue weighted by molar-refractivity contribution is 5.80. The van der Waals surface area contributed by atoms with Crippen LogP contribution in [0.4, 0.5) is 0 Å². The molecule has 1 heterocycles. The summed E-state index contributed by atoms with van der Waals surface area (Å²) in [5, 5.41) is 3.07. The zero-order chi connectivity index (χ0) is 11.0. The fourth-order valence-corrected chi connectivity index (χ4v) is 1.36. The summed E-state index contributed by atoms with van der Waals surface area (Å²) in [5.74, 6) is 0.224. The molecule has 3 heteroatoms. The summed E-state index contributed by atoms with van der Waals surface area (Å²) in [6, 6.07) is 0. The highest BCUT2D eigenvalue weighted by Crippen LogP contribution is 2.38. The summed E-state index contributed by atoms with van der Waals surface area (Å²) >= 11 is 0. The Bertz CT molecular complexity index is 228. The first-order valence-corrected chi connectivity index (χ1v) is 5.22. The third-order valence-corrected chi connectivity index (χ3v) is 3.55. The molecule has 0 bridgehead atoms. The Morgan fingerprint density at radius 1 is 1.29 bits per heavy atom. The molecule has 0 aromatic rings. The monoisotopic (exact) mass is 198 g/mol. The molecule has 14 heavy (non-hydrogen) atoms. The molecule has 1 aliphatic heterocycles. The van der Waals surface area contributed by atoms with E-state index in [4.69, 9.17) is 0 Å². The molecule has 0 radical (unpaired) electrons. The zero-order valence-electron chi connectivity index (χ0n) is 9.98. The van der Waals surface area contributed by atoms with E-state index >= 15 is 0 Å². The summed E-state index contributed by atoms with van der Waals surface area (Å²) in [5.41, 5.74) is 0.366. The first-order chi connectivity index (χ1) is 6.24. The summed E-state index contributed by atoms with van der Waals surface area (Å²) in [6.07, 6.45) is 0. The molecule has 1 rings (SSSR count). The number of carbonyl (C=O) groups is 1. The number of carbonyl (C=O) groups excluding carboxylic acids is 1. The van der Waals surface area contributed by atoms with E-state index in [0.29, 0.717) is 13.2 Å². The largest absolute Gasteiger partial charge is 0.328 e. The van der Waals surface area contributed by atoms with Gasteiger partial charge in [0.25, 0.3) is 0 Å². The maximum absolute atomic E-state index is 11.4. The second-order valence-corrected chi connectivity index (χ2v) is 5.81. The van der Waals surface area contributed by atoms with Crippen LogP contribution in [0.25, 0.3) is 0 Å². The molecule has 0 aliphatic carbocycles. The molecule has 1 fully saturated rings. The number of rotatable bonds is 2. The Hall–Kier alpha value is -0.570. The predicted octanol–water partition coefficient (Wildman–Crippen LogP) is 1.45. The molecule has 0 aromatic heterocycles. The van der Waals surface area contributed by atoms with Crippen LogP contribution in [0.2, 0.25) is 0 Å². The zero-order valence-corrected chi connectivity index (χ0v) is 9.98. The van der Waals surface area contributed by atoms with E-state index in [9.17, 15) is 4.79 Å². The minimum atomic E-state index is 0.147. The minimum absolute atomic E-state index is 0.147. The van der Waals surface area contributed by atoms with Gasteiger partial charge in [-0.15, -0.1) is 0 Å². The second kappa shape index (κ2) is 3.54. The van der Waals surface area contributed by atoms with Crippen LogP contribution in [-0.4, -0.2) is 30.6 Å². The highest BCUT2D eigenvalue weighted by atomic mass is 16.2. The number of hydrogen-bond donors (Lipinski definition) is 1. The van der Waals surface area contributed by atoms with E-state index in [0.717, 1.165) is 6.54 Å². The van der Waals surface area contributed by atoms with Crippen LogP contribution in [0, 0.1) is 10.8 Å². The smallest absolute Gasteiger partial charge is 0.237 e. The molecule has 0 saturated carbocycles. The predicted molar refractivity (Wildman–Crippen MR) is 57.8 cm³/mol. The summed E-state index contributed by atoms with van der Waals surface area (Å²) in [6.45, 7) is 13.2. The SMILES string of the molecule is CC(C)(C)C(C)(C)CN1CNCC1=O. The van der Waals surface area contributed by atoms with Crippen LogP contribution in [-0.2, 0) is 4.79 Å². The number of nitrogens with one attached hydrogen (secondary N) is 1. The molecule has 82 valence electrons. The van der Waals surface area contributed by atoms with E-state index < -0.39 is 0 Å². The average Bonchev–Trinajstić information content (AvgIpc) is 2.33. The van der Waals surface area contributed by atoms with E-state index in [2.05, 4.69) is 39.9 Å². The molecule has 1 amide bonds. The van der Waals surface area contributed by atoms with Crippen molar-refractivity contribution < 1.29 is 4.79 Å². The Morgan fingerprint density at radius 3 is 2.21 bits per heavy atom. The number of nitrogens with zero attached hydrogens (tertiary/aromatic N) is 1. The first kappa shape index (κ1) is 11.5. The molecule has 1 aliphatic rings. The van der Waals surface area contributed by atoms with Crippen molar-refractivity contribution in [3.63, 3.8) is 0 Å². The van der Waals surface area contributed by atoms with Crippen molar-refractivity contribution in [3.8, 4) is 0 Å². The van der Waals surface area contributed by atoms with Crippen molar-refractivity contribution >= 4 is 5.91 Å². The van der Waals surface area contributed by atoms with Crippen molar-refractivity contribution in [1.29, 1.82) is 0 Å². The molecular formula is C11H22N2O. The Labute approximate surface area is 86.9 Å². The Kier molecular flexibility index (Phi) is 2.91. The normalized spacial score (nSPS) is 19.2. The second-order valence-electron chi connectivity index (χ2n) is 5.81. The van der Waals surface area contributed by atoms with Crippen LogP contribution < -0.4 is 5.32 Å². The first-order valence-electron chi connectivity index (χ1n) is 5.22. The van der Waals surface area contributed by atoms with Crippen molar-refractivity contribution in [2.24, 2.45) is 10.8 Å². The van der Waals surface area contributed by atoms with Gasteiger partial charge >= 0.3 is 0 Å². The van der Waals surface area contributed by atoms with Crippen LogP contribution in [0.1, 0.15) is 34.6 Å². The summed E-state index contributed by atoms with van der Waals surface area (Å²) in [7, 11) is 0. The van der Waals surface area contributed by atoms with Crippen molar-refractivity contribution in [1.82, 2.24) is 10.2 Å². The Morgan fingerprint density at radius 2 is 1.86 bits per heavy atom. The topological polar surface area (TPSA) is 32.3 Å². The number of hydrogen-bond acceptors (Lipinski definition) is 2. The molecule has 1 saturated heterocycles. The van der Waals surface area contributed by atoms with Gasteiger partial charge in [-0.05, 0) is 10.8 Å². The van der Waals surface area contributed by atoms with Gasteiger partial charge in [0.05, 0.1) is 13.2 Å². The lowest BCUT2D eigenvalue weighted by atomic mass is 9.69. The molecule has 0 spiro atoms. The Balaban J connectivity index is 2.63. The van der Waals surface area contributed by atoms with Crippen molar-refractivity contribution in [2.45, 2.75) is 34.6 Å². The van der Waals surface area contributed by atoms with Crippen LogP contribution in [0.3, 0.4) is 0 Å². The third kappa shape index (κ3) is 2.27. The van der Waals surface area contributed by atoms with Crippen LogP contribution in [0.5, 0.6) is 0 Å². The van der Waals surface area contributed by atoms with Gasteiger partial charge in [-0.25, -0.2) is 0 Å². The lowest BCUT2D eigenvalue weighted by molar-refractivity contribution is -0.128. The lowest BCUT2D eigenvalue weighted by Gasteiger charge is -2.41. The molecule has 0 aromatic carbocycles. The molecule has 0 unspecified atom stereocenters. The molecule has 0 atom stereocenters. The fourth-order valence-electron chi connectivity index (χ4n) is 1.36. The van der Waals surface area contributed by atoms with E-state index in [1.165, 1.54) is 0 Å². The van der Waals surface area contributed by atoms with E-state index in [1.54, 1.807) is 0 Å². The van der Waals surface area contributed by atoms with Crippen LogP contribution >= 0.6 is 0 Å². The summed E-state index contributed by atoms with van der Waals surface area (Å²) in [4.78, 5) is 13.4. The van der Waals surface area contributed by atoms with Gasteiger partial charge in [0.15, 0.2) is 0 Å². The molecular weight excluding hydrogens is 176 g/mol. The van der Waals surface area contributed by atoms with E-state index in [1.807, 2.05) is 4.90 Å². The standard InChI is InChI=1S/C11H22N2O/c1-10(2,3)11(4,5)7-13-8-12-6-9(13)14/h12H,6-8H2,1-5H3. The van der Waals surface area contributed by atoms with Gasteiger partial charge in [-0.1, -0.05) is 34.6 Å². The quantitative estimate of drug-likeness (QED) is 0.728. The van der Waals surface area contributed by atoms with Gasteiger partial charge in [-0.2, -0.15) is 0 Å². The van der Waals surface area contributed by atoms with Crippen molar-refractivity contribution in [3.05, 3.63) is 0 Å². The van der Waals surface area contributed by atoms with Gasteiger partial charge in [-0.3, -0.25) is 10.1 Å². The summed E-state index contributed by atoms with van der Waals surface area (Å²) < 4.78 is 0. The van der Waals surface area contributed by atoms with Crippen molar-refractivity contribution in [2.75, 3.05) is 19.8 Å². The van der Waals surface area contributed by atoms with Crippen LogP contribution in [0.15, 0.2) is 0 Å². The highest BCUT2D eigenvalue weighted by Gasteiger charge is 2.36.